The lowest BCUT2D eigenvalue weighted by atomic mass is 10.0. The molecule has 0 aromatic heterocycles. The molecule has 0 radical (unpaired) electrons. The monoisotopic (exact) mass is 385 g/mol. The van der Waals surface area contributed by atoms with Crippen LogP contribution in [-0.2, 0) is 14.3 Å². The van der Waals surface area contributed by atoms with Crippen molar-refractivity contribution in [2.24, 2.45) is 0 Å². The normalized spacial score (nSPS) is 14.5. The molecular weight excluding hydrogens is 350 g/mol. The van der Waals surface area contributed by atoms with Crippen LogP contribution in [0.25, 0.3) is 0 Å². The predicted octanol–water partition coefficient (Wildman–Crippen LogP) is 4.16. The highest BCUT2D eigenvalue weighted by atomic mass is 32.2. The third-order valence-electron chi connectivity index (χ3n) is 4.97. The Balaban J connectivity index is 2.57. The van der Waals surface area contributed by atoms with E-state index in [2.05, 4.69) is 51.3 Å². The zero-order chi connectivity index (χ0) is 19.1. The van der Waals surface area contributed by atoms with Crippen LogP contribution in [0.5, 0.6) is 0 Å². The molecule has 0 aliphatic heterocycles. The Hall–Kier alpha value is -0.693. The molecule has 6 heteroatoms. The summed E-state index contributed by atoms with van der Waals surface area (Å²) in [6.07, 6.45) is 3.17. The first-order valence-corrected chi connectivity index (χ1v) is 14.0. The third-order valence-corrected chi connectivity index (χ3v) is 10.5. The zero-order valence-electron chi connectivity index (χ0n) is 16.6. The van der Waals surface area contributed by atoms with Crippen LogP contribution in [0.2, 0.25) is 18.1 Å². The molecular formula is C19H35NO3SSi. The molecule has 4 nitrogen and oxygen atoms in total. The molecule has 0 aliphatic carbocycles. The average molecular weight is 386 g/mol. The van der Waals surface area contributed by atoms with E-state index in [1.807, 2.05) is 18.2 Å². The van der Waals surface area contributed by atoms with Crippen molar-refractivity contribution in [2.75, 3.05) is 25.2 Å². The summed E-state index contributed by atoms with van der Waals surface area (Å²) < 4.78 is 29.0. The van der Waals surface area contributed by atoms with Gasteiger partial charge in [0.2, 0.25) is 0 Å². The summed E-state index contributed by atoms with van der Waals surface area (Å²) >= 11 is 0. The van der Waals surface area contributed by atoms with Crippen LogP contribution < -0.4 is 5.32 Å². The number of sulfone groups is 1. The van der Waals surface area contributed by atoms with Gasteiger partial charge in [-0.05, 0) is 36.5 Å². The minimum Gasteiger partial charge on any atom is -0.417 e. The van der Waals surface area contributed by atoms with E-state index in [0.29, 0.717) is 6.54 Å². The summed E-state index contributed by atoms with van der Waals surface area (Å²) in [7, 11) is -4.65. The molecule has 1 aromatic rings. The van der Waals surface area contributed by atoms with Crippen LogP contribution in [0.1, 0.15) is 45.2 Å². The smallest absolute Gasteiger partial charge is 0.191 e. The Morgan fingerprint density at radius 3 is 2.28 bits per heavy atom. The maximum Gasteiger partial charge on any atom is 0.191 e. The number of hydrogen-bond donors (Lipinski definition) is 1. The van der Waals surface area contributed by atoms with Gasteiger partial charge < -0.3 is 9.74 Å². The van der Waals surface area contributed by atoms with Gasteiger partial charge in [0, 0.05) is 25.4 Å². The van der Waals surface area contributed by atoms with Crippen LogP contribution >= 0.6 is 0 Å². The molecule has 0 saturated heterocycles. The Labute approximate surface area is 155 Å². The van der Waals surface area contributed by atoms with Gasteiger partial charge in [0.05, 0.1) is 5.75 Å². The molecule has 1 unspecified atom stereocenters. The van der Waals surface area contributed by atoms with Crippen LogP contribution in [0.4, 0.5) is 0 Å². The van der Waals surface area contributed by atoms with Gasteiger partial charge in [0.1, 0.15) is 9.84 Å². The summed E-state index contributed by atoms with van der Waals surface area (Å²) in [6, 6.07) is 10.4. The van der Waals surface area contributed by atoms with E-state index in [-0.39, 0.29) is 16.8 Å². The summed E-state index contributed by atoms with van der Waals surface area (Å²) in [5.41, 5.74) is 1.20. The number of hydrogen-bond acceptors (Lipinski definition) is 4. The second-order valence-electron chi connectivity index (χ2n) is 8.30. The molecule has 0 fully saturated rings. The van der Waals surface area contributed by atoms with E-state index in [1.165, 1.54) is 11.8 Å². The van der Waals surface area contributed by atoms with Crippen LogP contribution in [0, 0.1) is 0 Å². The molecule has 1 aromatic carbocycles. The van der Waals surface area contributed by atoms with Gasteiger partial charge in [0.25, 0.3) is 0 Å². The lowest BCUT2D eigenvalue weighted by molar-refractivity contribution is 0.271. The van der Waals surface area contributed by atoms with E-state index in [4.69, 9.17) is 4.43 Å². The molecule has 0 amide bonds. The van der Waals surface area contributed by atoms with Crippen molar-refractivity contribution >= 4 is 18.2 Å². The number of benzene rings is 1. The highest BCUT2D eigenvalue weighted by molar-refractivity contribution is 7.90. The van der Waals surface area contributed by atoms with Crippen LogP contribution in [0.3, 0.4) is 0 Å². The molecule has 25 heavy (non-hydrogen) atoms. The van der Waals surface area contributed by atoms with E-state index in [0.717, 1.165) is 19.4 Å². The second kappa shape index (κ2) is 9.30. The first-order valence-electron chi connectivity index (χ1n) is 9.02. The second-order valence-corrected chi connectivity index (χ2v) is 15.4. The largest absolute Gasteiger partial charge is 0.417 e. The Morgan fingerprint density at radius 2 is 1.76 bits per heavy atom. The maximum absolute atomic E-state index is 11.4. The fraction of sp³-hybridized carbons (Fsp3) is 0.684. The Morgan fingerprint density at radius 1 is 1.16 bits per heavy atom. The fourth-order valence-electron chi connectivity index (χ4n) is 2.32. The van der Waals surface area contributed by atoms with Crippen molar-refractivity contribution in [3.05, 3.63) is 35.9 Å². The van der Waals surface area contributed by atoms with Crippen molar-refractivity contribution < 1.29 is 12.8 Å². The highest BCUT2D eigenvalue weighted by Gasteiger charge is 2.36. The molecule has 0 saturated carbocycles. The van der Waals surface area contributed by atoms with E-state index < -0.39 is 18.2 Å². The van der Waals surface area contributed by atoms with E-state index >= 15 is 0 Å². The van der Waals surface area contributed by atoms with Gasteiger partial charge in [0.15, 0.2) is 8.32 Å². The highest BCUT2D eigenvalue weighted by Crippen LogP contribution is 2.36. The SMILES string of the molecule is CC(C)(C)[Si](C)(C)OCCCC(NCCS(C)(=O)=O)c1ccccc1. The van der Waals surface area contributed by atoms with E-state index in [1.54, 1.807) is 0 Å². The Bertz CT molecular complexity index is 609. The Kier molecular flexibility index (Phi) is 8.32. The summed E-state index contributed by atoms with van der Waals surface area (Å²) in [5, 5.41) is 3.62. The van der Waals surface area contributed by atoms with Crippen molar-refractivity contribution in [2.45, 2.75) is 57.8 Å². The average Bonchev–Trinajstić information content (AvgIpc) is 2.48. The molecule has 1 atom stereocenters. The van der Waals surface area contributed by atoms with Crippen molar-refractivity contribution in [3.8, 4) is 0 Å². The lowest BCUT2D eigenvalue weighted by Gasteiger charge is -2.36. The molecule has 1 N–H and O–H groups in total. The van der Waals surface area contributed by atoms with Gasteiger partial charge in [-0.1, -0.05) is 51.1 Å². The predicted molar refractivity (Wildman–Crippen MR) is 109 cm³/mol. The van der Waals surface area contributed by atoms with Crippen molar-refractivity contribution in [1.29, 1.82) is 0 Å². The van der Waals surface area contributed by atoms with Gasteiger partial charge in [-0.3, -0.25) is 0 Å². The van der Waals surface area contributed by atoms with Gasteiger partial charge in [-0.25, -0.2) is 8.42 Å². The number of rotatable bonds is 10. The first-order chi connectivity index (χ1) is 11.4. The minimum absolute atomic E-state index is 0.158. The molecule has 0 heterocycles. The molecule has 0 aliphatic rings. The summed E-state index contributed by atoms with van der Waals surface area (Å²) in [6.45, 7) is 12.5. The van der Waals surface area contributed by atoms with Gasteiger partial charge in [-0.2, -0.15) is 0 Å². The molecule has 1 rings (SSSR count). The topological polar surface area (TPSA) is 55.4 Å². The minimum atomic E-state index is -2.94. The standard InChI is InChI=1S/C19H35NO3SSi/c1-19(2,3)25(5,6)23-15-10-13-18(17-11-8-7-9-12-17)20-14-16-24(4,21)22/h7-9,11-12,18,20H,10,13-16H2,1-6H3. The molecule has 0 bridgehead atoms. The lowest BCUT2D eigenvalue weighted by Crippen LogP contribution is -2.41. The van der Waals surface area contributed by atoms with Crippen LogP contribution in [0.15, 0.2) is 30.3 Å². The van der Waals surface area contributed by atoms with Crippen molar-refractivity contribution in [1.82, 2.24) is 5.32 Å². The summed E-state index contributed by atoms with van der Waals surface area (Å²) in [5.74, 6) is 0.163. The van der Waals surface area contributed by atoms with Crippen LogP contribution in [-0.4, -0.2) is 41.9 Å². The first kappa shape index (κ1) is 22.3. The fourth-order valence-corrected chi connectivity index (χ4v) is 3.90. The quantitative estimate of drug-likeness (QED) is 0.485. The number of nitrogens with one attached hydrogen (secondary N) is 1. The van der Waals surface area contributed by atoms with Gasteiger partial charge in [-0.15, -0.1) is 0 Å². The van der Waals surface area contributed by atoms with Gasteiger partial charge >= 0.3 is 0 Å². The maximum atomic E-state index is 11.4. The molecule has 144 valence electrons. The third kappa shape index (κ3) is 8.49. The zero-order valence-corrected chi connectivity index (χ0v) is 18.4. The molecule has 0 spiro atoms. The van der Waals surface area contributed by atoms with E-state index in [9.17, 15) is 8.42 Å². The van der Waals surface area contributed by atoms with Crippen molar-refractivity contribution in [3.63, 3.8) is 0 Å². The summed E-state index contributed by atoms with van der Waals surface area (Å²) in [4.78, 5) is 0.